The van der Waals surface area contributed by atoms with E-state index in [4.69, 9.17) is 11.6 Å². The van der Waals surface area contributed by atoms with E-state index in [9.17, 15) is 4.79 Å². The van der Waals surface area contributed by atoms with Gasteiger partial charge in [-0.2, -0.15) is 0 Å². The maximum Gasteiger partial charge on any atom is 0.229 e. The van der Waals surface area contributed by atoms with Gasteiger partial charge in [0, 0.05) is 19.0 Å². The predicted molar refractivity (Wildman–Crippen MR) is 66.5 cm³/mol. The van der Waals surface area contributed by atoms with E-state index >= 15 is 0 Å². The van der Waals surface area contributed by atoms with Gasteiger partial charge in [-0.15, -0.1) is 11.6 Å². The first kappa shape index (κ1) is 12.2. The summed E-state index contributed by atoms with van der Waals surface area (Å²) in [4.78, 5) is 14.4. The number of rotatable bonds is 2. The van der Waals surface area contributed by atoms with Crippen LogP contribution in [0.5, 0.6) is 0 Å². The number of hydrogen-bond acceptors (Lipinski definition) is 1. The molecule has 0 radical (unpaired) electrons. The minimum Gasteiger partial charge on any atom is -0.342 e. The normalized spacial score (nSPS) is 30.3. The van der Waals surface area contributed by atoms with E-state index in [1.165, 1.54) is 25.7 Å². The molecule has 2 rings (SSSR count). The minimum absolute atomic E-state index is 0.245. The number of amides is 1. The molecule has 2 bridgehead atoms. The van der Waals surface area contributed by atoms with Gasteiger partial charge in [-0.25, -0.2) is 0 Å². The van der Waals surface area contributed by atoms with Crippen LogP contribution in [0.25, 0.3) is 0 Å². The summed E-state index contributed by atoms with van der Waals surface area (Å²) in [7, 11) is 0. The Balaban J connectivity index is 2.02. The molecular weight excluding hydrogens is 222 g/mol. The van der Waals surface area contributed by atoms with Crippen molar-refractivity contribution in [3.8, 4) is 0 Å². The number of hydrogen-bond donors (Lipinski definition) is 0. The second kappa shape index (κ2) is 4.56. The molecule has 2 unspecified atom stereocenters. The topological polar surface area (TPSA) is 20.3 Å². The van der Waals surface area contributed by atoms with Crippen LogP contribution < -0.4 is 0 Å². The average molecular weight is 244 g/mol. The van der Waals surface area contributed by atoms with Gasteiger partial charge in [0.25, 0.3) is 0 Å². The Hall–Kier alpha value is -0.240. The second-order valence-corrected chi connectivity index (χ2v) is 6.37. The highest BCUT2D eigenvalue weighted by Gasteiger charge is 2.36. The van der Waals surface area contributed by atoms with Crippen molar-refractivity contribution in [1.82, 2.24) is 4.90 Å². The van der Waals surface area contributed by atoms with E-state index in [0.29, 0.717) is 5.88 Å². The first-order valence-corrected chi connectivity index (χ1v) is 6.92. The summed E-state index contributed by atoms with van der Waals surface area (Å²) in [5, 5.41) is 0. The van der Waals surface area contributed by atoms with E-state index < -0.39 is 5.41 Å². The van der Waals surface area contributed by atoms with Gasteiger partial charge < -0.3 is 4.90 Å². The lowest BCUT2D eigenvalue weighted by Gasteiger charge is -2.32. The Kier molecular flexibility index (Phi) is 3.48. The second-order valence-electron chi connectivity index (χ2n) is 6.10. The standard InChI is InChI=1S/C13H22ClNO/c1-13(2,9-14)12(16)15-6-5-10-3-4-11(7-10)8-15/h10-11H,3-9H2,1-2H3. The summed E-state index contributed by atoms with van der Waals surface area (Å²) in [5.41, 5.74) is -0.398. The molecule has 0 spiro atoms. The van der Waals surface area contributed by atoms with Crippen molar-refractivity contribution in [2.75, 3.05) is 19.0 Å². The van der Waals surface area contributed by atoms with Crippen LogP contribution in [0.3, 0.4) is 0 Å². The number of alkyl halides is 1. The monoisotopic (exact) mass is 243 g/mol. The Morgan fingerprint density at radius 1 is 1.31 bits per heavy atom. The molecule has 2 aliphatic rings. The van der Waals surface area contributed by atoms with Crippen LogP contribution in [-0.2, 0) is 4.79 Å². The fourth-order valence-corrected chi connectivity index (χ4v) is 3.13. The highest BCUT2D eigenvalue weighted by Crippen LogP contribution is 2.37. The summed E-state index contributed by atoms with van der Waals surface area (Å²) in [6.07, 6.45) is 5.23. The molecule has 0 aromatic heterocycles. The van der Waals surface area contributed by atoms with Crippen molar-refractivity contribution in [1.29, 1.82) is 0 Å². The molecule has 92 valence electrons. The van der Waals surface area contributed by atoms with Crippen LogP contribution in [0, 0.1) is 17.3 Å². The lowest BCUT2D eigenvalue weighted by Crippen LogP contribution is -2.44. The molecule has 1 amide bonds. The molecule has 1 aliphatic heterocycles. The fourth-order valence-electron chi connectivity index (χ4n) is 3.02. The number of fused-ring (bicyclic) bond motifs is 2. The molecule has 2 fully saturated rings. The SMILES string of the molecule is CC(C)(CCl)C(=O)N1CCC2CCC(C2)C1. The molecule has 1 saturated heterocycles. The Labute approximate surface area is 103 Å². The lowest BCUT2D eigenvalue weighted by atomic mass is 9.93. The van der Waals surface area contributed by atoms with Gasteiger partial charge in [-0.05, 0) is 44.9 Å². The van der Waals surface area contributed by atoms with Crippen LogP contribution in [0.1, 0.15) is 39.5 Å². The van der Waals surface area contributed by atoms with Crippen molar-refractivity contribution >= 4 is 17.5 Å². The van der Waals surface area contributed by atoms with Crippen LogP contribution in [0.2, 0.25) is 0 Å². The lowest BCUT2D eigenvalue weighted by molar-refractivity contribution is -0.139. The molecule has 16 heavy (non-hydrogen) atoms. The maximum absolute atomic E-state index is 12.3. The van der Waals surface area contributed by atoms with Gasteiger partial charge in [0.2, 0.25) is 5.91 Å². The number of carbonyl (C=O) groups is 1. The molecule has 3 heteroatoms. The third kappa shape index (κ3) is 2.37. The first-order valence-electron chi connectivity index (χ1n) is 6.38. The molecule has 0 N–H and O–H groups in total. The number of likely N-dealkylation sites (tertiary alicyclic amines) is 1. The van der Waals surface area contributed by atoms with Crippen LogP contribution in [0.15, 0.2) is 0 Å². The third-order valence-electron chi connectivity index (χ3n) is 4.14. The van der Waals surface area contributed by atoms with Crippen LogP contribution in [-0.4, -0.2) is 29.8 Å². The molecule has 1 heterocycles. The summed E-state index contributed by atoms with van der Waals surface area (Å²) in [5.74, 6) is 2.29. The molecule has 1 aliphatic carbocycles. The quantitative estimate of drug-likeness (QED) is 0.683. The zero-order valence-corrected chi connectivity index (χ0v) is 11.1. The summed E-state index contributed by atoms with van der Waals surface area (Å²) in [6.45, 7) is 5.81. The van der Waals surface area contributed by atoms with E-state index in [-0.39, 0.29) is 5.91 Å². The van der Waals surface area contributed by atoms with Gasteiger partial charge in [0.1, 0.15) is 0 Å². The number of halogens is 1. The van der Waals surface area contributed by atoms with Crippen molar-refractivity contribution in [3.63, 3.8) is 0 Å². The van der Waals surface area contributed by atoms with E-state index in [0.717, 1.165) is 24.9 Å². The third-order valence-corrected chi connectivity index (χ3v) is 4.80. The molecule has 2 atom stereocenters. The number of carbonyl (C=O) groups excluding carboxylic acids is 1. The van der Waals surface area contributed by atoms with Gasteiger partial charge in [0.05, 0.1) is 5.41 Å². The van der Waals surface area contributed by atoms with Gasteiger partial charge >= 0.3 is 0 Å². The Bertz CT molecular complexity index is 277. The van der Waals surface area contributed by atoms with Crippen LogP contribution >= 0.6 is 11.6 Å². The molecule has 0 aromatic carbocycles. The summed E-state index contributed by atoms with van der Waals surface area (Å²) >= 11 is 5.88. The zero-order chi connectivity index (χ0) is 11.8. The first-order chi connectivity index (χ1) is 7.53. The number of nitrogens with zero attached hydrogens (tertiary/aromatic N) is 1. The average Bonchev–Trinajstić information content (AvgIpc) is 2.57. The minimum atomic E-state index is -0.398. The van der Waals surface area contributed by atoms with Crippen molar-refractivity contribution in [3.05, 3.63) is 0 Å². The largest absolute Gasteiger partial charge is 0.342 e. The van der Waals surface area contributed by atoms with E-state index in [2.05, 4.69) is 4.90 Å². The summed E-state index contributed by atoms with van der Waals surface area (Å²) < 4.78 is 0. The Morgan fingerprint density at radius 3 is 2.69 bits per heavy atom. The molecule has 0 aromatic rings. The van der Waals surface area contributed by atoms with E-state index in [1.54, 1.807) is 0 Å². The van der Waals surface area contributed by atoms with Gasteiger partial charge in [-0.3, -0.25) is 4.79 Å². The van der Waals surface area contributed by atoms with Crippen molar-refractivity contribution in [2.45, 2.75) is 39.5 Å². The van der Waals surface area contributed by atoms with Crippen LogP contribution in [0.4, 0.5) is 0 Å². The Morgan fingerprint density at radius 2 is 2.00 bits per heavy atom. The smallest absolute Gasteiger partial charge is 0.229 e. The highest BCUT2D eigenvalue weighted by molar-refractivity contribution is 6.19. The zero-order valence-electron chi connectivity index (χ0n) is 10.3. The highest BCUT2D eigenvalue weighted by atomic mass is 35.5. The molecular formula is C13H22ClNO. The van der Waals surface area contributed by atoms with Gasteiger partial charge in [0.15, 0.2) is 0 Å². The fraction of sp³-hybridized carbons (Fsp3) is 0.923. The van der Waals surface area contributed by atoms with Gasteiger partial charge in [-0.1, -0.05) is 6.42 Å². The molecule has 1 saturated carbocycles. The summed E-state index contributed by atoms with van der Waals surface area (Å²) in [6, 6.07) is 0. The van der Waals surface area contributed by atoms with Crippen molar-refractivity contribution in [2.24, 2.45) is 17.3 Å². The van der Waals surface area contributed by atoms with E-state index in [1.807, 2.05) is 13.8 Å². The maximum atomic E-state index is 12.3. The molecule has 2 nitrogen and oxygen atoms in total. The predicted octanol–water partition coefficient (Wildman–Crippen LogP) is 2.90. The van der Waals surface area contributed by atoms with Crippen molar-refractivity contribution < 1.29 is 4.79 Å².